The number of morpholine rings is 1. The Balaban J connectivity index is 1.70. The number of hydrogen-bond acceptors (Lipinski definition) is 6. The van der Waals surface area contributed by atoms with Crippen molar-refractivity contribution < 1.29 is 28.5 Å². The summed E-state index contributed by atoms with van der Waals surface area (Å²) in [5.41, 5.74) is 0. The molecule has 1 N–H and O–H groups in total. The molecular formula is C12H19NO6. The van der Waals surface area contributed by atoms with Gasteiger partial charge in [-0.1, -0.05) is 0 Å². The predicted octanol–water partition coefficient (Wildman–Crippen LogP) is 0.0880. The van der Waals surface area contributed by atoms with Crippen LogP contribution in [0.5, 0.6) is 0 Å². The number of carbonyl (C=O) groups excluding carboxylic acids is 1. The summed E-state index contributed by atoms with van der Waals surface area (Å²) in [5, 5.41) is 2.74. The molecule has 0 aromatic carbocycles. The summed E-state index contributed by atoms with van der Waals surface area (Å²) in [6.45, 7) is 7.46. The van der Waals surface area contributed by atoms with Gasteiger partial charge in [0, 0.05) is 0 Å². The maximum absolute atomic E-state index is 12.0. The summed E-state index contributed by atoms with van der Waals surface area (Å²) in [5.74, 6) is -1.74. The van der Waals surface area contributed by atoms with Gasteiger partial charge in [0.25, 0.3) is 5.91 Å². The van der Waals surface area contributed by atoms with E-state index >= 15 is 0 Å². The third kappa shape index (κ3) is 2.48. The van der Waals surface area contributed by atoms with Gasteiger partial charge in [-0.15, -0.1) is 0 Å². The van der Waals surface area contributed by atoms with Gasteiger partial charge in [-0.3, -0.25) is 4.79 Å². The molecule has 3 rings (SSSR count). The first kappa shape index (κ1) is 13.3. The predicted molar refractivity (Wildman–Crippen MR) is 61.7 cm³/mol. The summed E-state index contributed by atoms with van der Waals surface area (Å²) in [4.78, 5) is 12.0. The fourth-order valence-electron chi connectivity index (χ4n) is 2.48. The highest BCUT2D eigenvalue weighted by atomic mass is 16.8. The van der Waals surface area contributed by atoms with Crippen LogP contribution in [-0.4, -0.2) is 48.8 Å². The molecule has 3 saturated heterocycles. The van der Waals surface area contributed by atoms with E-state index in [2.05, 4.69) is 5.32 Å². The standard InChI is InChI=1S/C12H19NO6/c1-11(2)15-5-6(17-11)7-8(14)13-9-10(16-7)19-12(3,4)18-9/h6-7,9-10H,5H2,1-4H3,(H,13,14)/t6-,7-,9+,10-/m1/s1. The molecule has 108 valence electrons. The molecule has 19 heavy (non-hydrogen) atoms. The molecule has 0 aromatic rings. The van der Waals surface area contributed by atoms with Crippen molar-refractivity contribution in [1.82, 2.24) is 5.32 Å². The van der Waals surface area contributed by atoms with Gasteiger partial charge >= 0.3 is 0 Å². The third-order valence-corrected chi connectivity index (χ3v) is 3.25. The minimum Gasteiger partial charge on any atom is -0.348 e. The normalized spacial score (nSPS) is 43.9. The second kappa shape index (κ2) is 4.13. The van der Waals surface area contributed by atoms with E-state index in [1.165, 1.54) is 0 Å². The van der Waals surface area contributed by atoms with Crippen LogP contribution in [0.1, 0.15) is 27.7 Å². The molecule has 0 saturated carbocycles. The molecule has 3 heterocycles. The van der Waals surface area contributed by atoms with Crippen LogP contribution in [0.15, 0.2) is 0 Å². The van der Waals surface area contributed by atoms with Crippen LogP contribution in [0, 0.1) is 0 Å². The molecule has 0 spiro atoms. The molecule has 4 atom stereocenters. The maximum Gasteiger partial charge on any atom is 0.254 e. The molecule has 1 amide bonds. The number of amides is 1. The maximum atomic E-state index is 12.0. The average molecular weight is 273 g/mol. The Labute approximate surface area is 111 Å². The summed E-state index contributed by atoms with van der Waals surface area (Å²) < 4.78 is 27.9. The molecule has 3 aliphatic rings. The first-order valence-corrected chi connectivity index (χ1v) is 6.39. The van der Waals surface area contributed by atoms with Crippen molar-refractivity contribution in [2.75, 3.05) is 6.61 Å². The van der Waals surface area contributed by atoms with Gasteiger partial charge in [0.2, 0.25) is 6.29 Å². The topological polar surface area (TPSA) is 75.3 Å². The molecule has 3 fully saturated rings. The quantitative estimate of drug-likeness (QED) is 0.729. The highest BCUT2D eigenvalue weighted by molar-refractivity contribution is 5.82. The Morgan fingerprint density at radius 1 is 1.11 bits per heavy atom. The van der Waals surface area contributed by atoms with Crippen molar-refractivity contribution in [1.29, 1.82) is 0 Å². The summed E-state index contributed by atoms with van der Waals surface area (Å²) in [6.07, 6.45) is -2.39. The zero-order chi connectivity index (χ0) is 13.8. The first-order valence-electron chi connectivity index (χ1n) is 6.39. The molecule has 0 aliphatic carbocycles. The van der Waals surface area contributed by atoms with Crippen molar-refractivity contribution in [2.45, 2.75) is 64.0 Å². The number of hydrogen-bond donors (Lipinski definition) is 1. The van der Waals surface area contributed by atoms with Gasteiger partial charge in [-0.05, 0) is 27.7 Å². The minimum absolute atomic E-state index is 0.270. The highest BCUT2D eigenvalue weighted by Crippen LogP contribution is 2.33. The number of nitrogens with one attached hydrogen (secondary N) is 1. The molecular weight excluding hydrogens is 254 g/mol. The summed E-state index contributed by atoms with van der Waals surface area (Å²) >= 11 is 0. The van der Waals surface area contributed by atoms with Gasteiger partial charge in [0.05, 0.1) is 6.61 Å². The van der Waals surface area contributed by atoms with Crippen LogP contribution in [0.4, 0.5) is 0 Å². The van der Waals surface area contributed by atoms with Gasteiger partial charge in [-0.25, -0.2) is 0 Å². The van der Waals surface area contributed by atoms with E-state index < -0.39 is 36.3 Å². The Bertz CT molecular complexity index is 396. The van der Waals surface area contributed by atoms with Crippen LogP contribution >= 0.6 is 0 Å². The van der Waals surface area contributed by atoms with Crippen LogP contribution in [0.2, 0.25) is 0 Å². The minimum atomic E-state index is -0.774. The summed E-state index contributed by atoms with van der Waals surface area (Å²) in [6, 6.07) is 0. The van der Waals surface area contributed by atoms with E-state index in [-0.39, 0.29) is 5.91 Å². The SMILES string of the molecule is CC1(C)OC[C@H]([C@H]2O[C@@H]3OC(C)(C)O[C@@H]3NC2=O)O1. The second-order valence-corrected chi connectivity index (χ2v) is 5.86. The lowest BCUT2D eigenvalue weighted by molar-refractivity contribution is -0.230. The number of rotatable bonds is 1. The molecule has 0 unspecified atom stereocenters. The second-order valence-electron chi connectivity index (χ2n) is 5.86. The largest absolute Gasteiger partial charge is 0.348 e. The molecule has 0 radical (unpaired) electrons. The highest BCUT2D eigenvalue weighted by Gasteiger charge is 2.52. The van der Waals surface area contributed by atoms with Gasteiger partial charge in [0.15, 0.2) is 23.9 Å². The van der Waals surface area contributed by atoms with E-state index in [1.807, 2.05) is 0 Å². The summed E-state index contributed by atoms with van der Waals surface area (Å²) in [7, 11) is 0. The van der Waals surface area contributed by atoms with Crippen LogP contribution in [0.25, 0.3) is 0 Å². The molecule has 0 aromatic heterocycles. The number of fused-ring (bicyclic) bond motifs is 1. The van der Waals surface area contributed by atoms with Crippen molar-refractivity contribution in [2.24, 2.45) is 0 Å². The van der Waals surface area contributed by atoms with Gasteiger partial charge in [-0.2, -0.15) is 0 Å². The fourth-order valence-corrected chi connectivity index (χ4v) is 2.48. The van der Waals surface area contributed by atoms with Crippen molar-refractivity contribution in [3.05, 3.63) is 0 Å². The molecule has 7 nitrogen and oxygen atoms in total. The van der Waals surface area contributed by atoms with E-state index in [1.54, 1.807) is 27.7 Å². The molecule has 7 heteroatoms. The Kier molecular flexibility index (Phi) is 2.88. The third-order valence-electron chi connectivity index (χ3n) is 3.25. The van der Waals surface area contributed by atoms with Crippen molar-refractivity contribution in [3.8, 4) is 0 Å². The van der Waals surface area contributed by atoms with Crippen LogP contribution in [0.3, 0.4) is 0 Å². The lowest BCUT2D eigenvalue weighted by Gasteiger charge is -2.32. The van der Waals surface area contributed by atoms with Crippen molar-refractivity contribution in [3.63, 3.8) is 0 Å². The lowest BCUT2D eigenvalue weighted by Crippen LogP contribution is -2.58. The number of ether oxygens (including phenoxy) is 5. The number of carbonyl (C=O) groups is 1. The molecule has 3 aliphatic heterocycles. The smallest absolute Gasteiger partial charge is 0.254 e. The monoisotopic (exact) mass is 273 g/mol. The van der Waals surface area contributed by atoms with Crippen molar-refractivity contribution >= 4 is 5.91 Å². The Morgan fingerprint density at radius 2 is 1.84 bits per heavy atom. The zero-order valence-corrected chi connectivity index (χ0v) is 11.5. The van der Waals surface area contributed by atoms with Crippen LogP contribution < -0.4 is 5.32 Å². The first-order chi connectivity index (χ1) is 8.76. The van der Waals surface area contributed by atoms with E-state index in [4.69, 9.17) is 23.7 Å². The van der Waals surface area contributed by atoms with E-state index in [0.717, 1.165) is 0 Å². The van der Waals surface area contributed by atoms with Crippen LogP contribution in [-0.2, 0) is 28.5 Å². The zero-order valence-electron chi connectivity index (χ0n) is 11.5. The lowest BCUT2D eigenvalue weighted by atomic mass is 10.1. The molecule has 0 bridgehead atoms. The average Bonchev–Trinajstić information content (AvgIpc) is 2.75. The van der Waals surface area contributed by atoms with Gasteiger partial charge in [0.1, 0.15) is 6.10 Å². The Hall–Kier alpha value is -0.730. The van der Waals surface area contributed by atoms with E-state index in [9.17, 15) is 4.79 Å². The van der Waals surface area contributed by atoms with E-state index in [0.29, 0.717) is 6.61 Å². The fraction of sp³-hybridized carbons (Fsp3) is 0.917. The Morgan fingerprint density at radius 3 is 2.47 bits per heavy atom. The van der Waals surface area contributed by atoms with Gasteiger partial charge < -0.3 is 29.0 Å².